The van der Waals surface area contributed by atoms with Crippen LogP contribution in [0.2, 0.25) is 0 Å². The van der Waals surface area contributed by atoms with Crippen molar-refractivity contribution in [3.63, 3.8) is 0 Å². The summed E-state index contributed by atoms with van der Waals surface area (Å²) in [6, 6.07) is 81.8. The van der Waals surface area contributed by atoms with Gasteiger partial charge in [0, 0.05) is 38.3 Å². The van der Waals surface area contributed by atoms with Crippen molar-refractivity contribution in [2.24, 2.45) is 0 Å². The predicted octanol–water partition coefficient (Wildman–Crippen LogP) is 9.74. The molecule has 0 saturated heterocycles. The summed E-state index contributed by atoms with van der Waals surface area (Å²) in [5.41, 5.74) is 9.69. The SMILES string of the molecule is CCOCC.CCOCC.Cc1cc(C(c2ccccc2)c2ccccc2)c([N-][Si](c2ccccc2)(c2ccccc2)c2ccccc2)c(C(c2ccccc2)c2ccccc2)c1.[Cl-].[Sn+2]. The zero-order valence-electron chi connectivity index (χ0n) is 38.5. The summed E-state index contributed by atoms with van der Waals surface area (Å²) in [4.78, 5) is 6.42. The summed E-state index contributed by atoms with van der Waals surface area (Å²) < 4.78 is 9.67. The van der Waals surface area contributed by atoms with Gasteiger partial charge in [-0.05, 0) is 56.9 Å². The van der Waals surface area contributed by atoms with Gasteiger partial charge in [0.05, 0.1) is 8.24 Å². The van der Waals surface area contributed by atoms with Crippen molar-refractivity contribution in [2.45, 2.75) is 46.5 Å². The second-order valence-corrected chi connectivity index (χ2v) is 18.7. The second-order valence-electron chi connectivity index (χ2n) is 15.3. The molecule has 0 saturated carbocycles. The Morgan fingerprint density at radius 1 is 0.385 bits per heavy atom. The van der Waals surface area contributed by atoms with Crippen LogP contribution in [0.1, 0.15) is 78.5 Å². The van der Waals surface area contributed by atoms with Crippen LogP contribution < -0.4 is 28.0 Å². The molecule has 2 radical (unpaired) electrons. The fourth-order valence-corrected chi connectivity index (χ4v) is 12.4. The molecule has 0 unspecified atom stereocenters. The quantitative estimate of drug-likeness (QED) is 0.0758. The Morgan fingerprint density at radius 2 is 0.615 bits per heavy atom. The Labute approximate surface area is 413 Å². The number of hydrogen-bond donors (Lipinski definition) is 0. The zero-order valence-corrected chi connectivity index (χ0v) is 43.1. The molecule has 0 amide bonds. The first-order valence-corrected chi connectivity index (χ1v) is 24.4. The Morgan fingerprint density at radius 3 is 0.831 bits per heavy atom. The maximum atomic E-state index is 6.42. The number of halogens is 1. The van der Waals surface area contributed by atoms with E-state index in [4.69, 9.17) is 14.5 Å². The standard InChI is InChI=1S/C51H42NSi.2C4H10O.ClH.Sn/c1-39-37-47(49(40-23-9-2-10-24-40)41-25-11-3-12-26-41)51(48(38-39)50(42-27-13-4-14-28-42)43-29-15-5-16-30-43)52-53(44-31-17-6-18-32-44,45-33-19-7-20-34-45)46-35-21-8-22-36-46;2*1-3-5-4-2;;/h2-38,49-50H,1H3;2*3-4H2,1-2H3;1H;/q-1;;;;+2/p-1. The van der Waals surface area contributed by atoms with E-state index >= 15 is 0 Å². The number of aryl methyl sites for hydroxylation is 1. The van der Waals surface area contributed by atoms with Crippen LogP contribution in [0.3, 0.4) is 0 Å². The molecule has 0 atom stereocenters. The van der Waals surface area contributed by atoms with E-state index in [-0.39, 0.29) is 48.2 Å². The molecule has 0 aliphatic rings. The molecule has 6 heteroatoms. The van der Waals surface area contributed by atoms with Gasteiger partial charge in [0.2, 0.25) is 0 Å². The number of benzene rings is 8. The number of ether oxygens (including phenoxy) is 2. The van der Waals surface area contributed by atoms with E-state index in [0.29, 0.717) is 0 Å². The minimum absolute atomic E-state index is 0. The van der Waals surface area contributed by atoms with Gasteiger partial charge in [-0.25, -0.2) is 0 Å². The third-order valence-electron chi connectivity index (χ3n) is 11.1. The Bertz CT molecular complexity index is 2190. The largest absolute Gasteiger partial charge is 2.00 e. The minimum Gasteiger partial charge on any atom is -1.00 e. The molecule has 8 aromatic carbocycles. The van der Waals surface area contributed by atoms with E-state index in [1.807, 2.05) is 27.7 Å². The predicted molar refractivity (Wildman–Crippen MR) is 276 cm³/mol. The van der Waals surface area contributed by atoms with Gasteiger partial charge in [0.1, 0.15) is 0 Å². The van der Waals surface area contributed by atoms with Gasteiger partial charge in [0.25, 0.3) is 0 Å². The van der Waals surface area contributed by atoms with E-state index in [0.717, 1.165) is 32.1 Å². The molecule has 0 spiro atoms. The first kappa shape index (κ1) is 52.4. The van der Waals surface area contributed by atoms with Crippen LogP contribution in [0, 0.1) is 6.92 Å². The fourth-order valence-electron chi connectivity index (χ4n) is 8.40. The van der Waals surface area contributed by atoms with Gasteiger partial charge in [-0.3, -0.25) is 0 Å². The van der Waals surface area contributed by atoms with Crippen LogP contribution in [0.5, 0.6) is 0 Å². The average Bonchev–Trinajstić information content (AvgIpc) is 3.35. The molecule has 8 rings (SSSR count). The van der Waals surface area contributed by atoms with Crippen LogP contribution in [0.25, 0.3) is 4.98 Å². The molecule has 0 aliphatic carbocycles. The van der Waals surface area contributed by atoms with Crippen LogP contribution in [-0.4, -0.2) is 58.6 Å². The van der Waals surface area contributed by atoms with Crippen molar-refractivity contribution in [2.75, 3.05) is 26.4 Å². The van der Waals surface area contributed by atoms with Gasteiger partial charge in [0.15, 0.2) is 0 Å². The smallest absolute Gasteiger partial charge is 1.00 e. The molecule has 0 fully saturated rings. The van der Waals surface area contributed by atoms with E-state index in [9.17, 15) is 0 Å². The molecular formula is C59H62ClNO2SiSn. The Hall–Kier alpha value is -5.21. The number of rotatable bonds is 15. The van der Waals surface area contributed by atoms with Crippen molar-refractivity contribution >= 4 is 53.4 Å². The summed E-state index contributed by atoms with van der Waals surface area (Å²) >= 11 is 0. The van der Waals surface area contributed by atoms with Crippen LogP contribution >= 0.6 is 0 Å². The summed E-state index contributed by atoms with van der Waals surface area (Å²) in [5.74, 6) is -0.0907. The molecule has 0 aliphatic heterocycles. The van der Waals surface area contributed by atoms with Crippen LogP contribution in [0.4, 0.5) is 5.69 Å². The zero-order chi connectivity index (χ0) is 44.1. The summed E-state index contributed by atoms with van der Waals surface area (Å²) in [7, 11) is -3.12. The van der Waals surface area contributed by atoms with Crippen molar-refractivity contribution in [1.82, 2.24) is 0 Å². The maximum Gasteiger partial charge on any atom is 2.00 e. The number of hydrogen-bond acceptors (Lipinski definition) is 2. The van der Waals surface area contributed by atoms with Crippen LogP contribution in [0.15, 0.2) is 224 Å². The summed E-state index contributed by atoms with van der Waals surface area (Å²) in [5, 5.41) is 3.76. The van der Waals surface area contributed by atoms with E-state index < -0.39 is 8.24 Å². The van der Waals surface area contributed by atoms with Crippen molar-refractivity contribution in [3.8, 4) is 0 Å². The van der Waals surface area contributed by atoms with Crippen LogP contribution in [-0.2, 0) is 9.47 Å². The molecule has 65 heavy (non-hydrogen) atoms. The van der Waals surface area contributed by atoms with Crippen molar-refractivity contribution in [1.29, 1.82) is 0 Å². The van der Waals surface area contributed by atoms with Gasteiger partial charge in [-0.2, -0.15) is 0 Å². The molecule has 3 nitrogen and oxygen atoms in total. The normalized spacial score (nSPS) is 10.6. The van der Waals surface area contributed by atoms with Gasteiger partial charge < -0.3 is 26.9 Å². The molecule has 0 N–H and O–H groups in total. The summed E-state index contributed by atoms with van der Waals surface area (Å²) in [6.45, 7) is 13.6. The summed E-state index contributed by atoms with van der Waals surface area (Å²) in [6.07, 6.45) is 0. The Balaban J connectivity index is 0.000000698. The van der Waals surface area contributed by atoms with Crippen molar-refractivity contribution < 1.29 is 21.9 Å². The monoisotopic (exact) mass is 999 g/mol. The molecule has 8 aromatic rings. The molecule has 330 valence electrons. The maximum absolute atomic E-state index is 6.42. The second kappa shape index (κ2) is 28.0. The Kier molecular flexibility index (Phi) is 22.5. The molecule has 0 aromatic heterocycles. The molecule has 0 bridgehead atoms. The molecule has 0 heterocycles. The number of nitrogens with zero attached hydrogens (tertiary/aromatic N) is 1. The van der Waals surface area contributed by atoms with E-state index in [2.05, 4.69) is 231 Å². The van der Waals surface area contributed by atoms with E-state index in [1.54, 1.807) is 0 Å². The third kappa shape index (κ3) is 13.7. The van der Waals surface area contributed by atoms with Gasteiger partial charge >= 0.3 is 23.9 Å². The first-order chi connectivity index (χ1) is 31.0. The van der Waals surface area contributed by atoms with Crippen molar-refractivity contribution in [3.05, 3.63) is 268 Å². The average molecular weight is 999 g/mol. The van der Waals surface area contributed by atoms with Gasteiger partial charge in [-0.15, -0.1) is 5.69 Å². The topological polar surface area (TPSA) is 32.6 Å². The minimum atomic E-state index is -3.12. The van der Waals surface area contributed by atoms with E-state index in [1.165, 1.54) is 54.5 Å². The van der Waals surface area contributed by atoms with Gasteiger partial charge in [-0.1, -0.05) is 257 Å². The fraction of sp³-hybridized carbons (Fsp3) is 0.186. The first-order valence-electron chi connectivity index (χ1n) is 22.4. The molecular weight excluding hydrogens is 937 g/mol. The third-order valence-corrected chi connectivity index (χ3v) is 15.2.